The third-order valence-electron chi connectivity index (χ3n) is 3.79. The Morgan fingerprint density at radius 3 is 2.39 bits per heavy atom. The first kappa shape index (κ1) is 20.6. The van der Waals surface area contributed by atoms with Crippen molar-refractivity contribution in [3.63, 3.8) is 0 Å². The van der Waals surface area contributed by atoms with E-state index in [-0.39, 0.29) is 20.6 Å². The van der Waals surface area contributed by atoms with E-state index < -0.39 is 44.0 Å². The summed E-state index contributed by atoms with van der Waals surface area (Å²) in [4.78, 5) is 2.86. The van der Waals surface area contributed by atoms with Gasteiger partial charge >= 0.3 is 0 Å². The molecular weight excluding hydrogens is 440 g/mol. The van der Waals surface area contributed by atoms with E-state index in [1.807, 2.05) is 0 Å². The summed E-state index contributed by atoms with van der Waals surface area (Å²) in [5.74, 6) is -4.70. The summed E-state index contributed by atoms with van der Waals surface area (Å²) in [6, 6.07) is 1.85. The molecule has 1 atom stereocenters. The zero-order valence-corrected chi connectivity index (χ0v) is 16.3. The van der Waals surface area contributed by atoms with Crippen molar-refractivity contribution in [2.45, 2.75) is 22.2 Å². The number of benzene rings is 2. The Morgan fingerprint density at radius 1 is 1.07 bits per heavy atom. The van der Waals surface area contributed by atoms with Crippen molar-refractivity contribution in [2.24, 2.45) is 0 Å². The fourth-order valence-corrected chi connectivity index (χ4v) is 4.89. The third kappa shape index (κ3) is 3.85. The van der Waals surface area contributed by atoms with Gasteiger partial charge in [0.1, 0.15) is 22.7 Å². The van der Waals surface area contributed by atoms with E-state index in [0.29, 0.717) is 12.1 Å². The molecule has 0 unspecified atom stereocenters. The lowest BCUT2D eigenvalue weighted by Crippen LogP contribution is -2.11. The third-order valence-corrected chi connectivity index (χ3v) is 7.01. The van der Waals surface area contributed by atoms with Crippen molar-refractivity contribution in [2.75, 3.05) is 5.32 Å². The second-order valence-corrected chi connectivity index (χ2v) is 9.02. The Labute approximate surface area is 166 Å². The van der Waals surface area contributed by atoms with Gasteiger partial charge in [0.2, 0.25) is 14.2 Å². The van der Waals surface area contributed by atoms with Crippen LogP contribution in [-0.4, -0.2) is 13.4 Å². The molecule has 1 aromatic heterocycles. The van der Waals surface area contributed by atoms with Crippen LogP contribution in [0.1, 0.15) is 18.5 Å². The van der Waals surface area contributed by atoms with Crippen LogP contribution in [0.2, 0.25) is 5.02 Å². The molecule has 0 bridgehead atoms. The predicted octanol–water partition coefficient (Wildman–Crippen LogP) is 5.16. The van der Waals surface area contributed by atoms with E-state index in [1.165, 1.54) is 12.3 Å². The number of hydrogen-bond donors (Lipinski definition) is 1. The molecular formula is C17H10ClF4N2O2S2. The number of aromatic nitrogens is 1. The first-order chi connectivity index (χ1) is 13.1. The maximum Gasteiger partial charge on any atom is 0.236 e. The molecule has 0 fully saturated rings. The fourth-order valence-electron chi connectivity index (χ4n) is 2.43. The van der Waals surface area contributed by atoms with Crippen molar-refractivity contribution >= 4 is 38.5 Å². The van der Waals surface area contributed by atoms with Crippen LogP contribution in [0.5, 0.6) is 0 Å². The van der Waals surface area contributed by atoms with Gasteiger partial charge in [-0.25, -0.2) is 31.0 Å². The highest BCUT2D eigenvalue weighted by Gasteiger charge is 2.26. The summed E-state index contributed by atoms with van der Waals surface area (Å²) in [5.41, 5.74) is -0.272. The monoisotopic (exact) mass is 449 g/mol. The van der Waals surface area contributed by atoms with Gasteiger partial charge in [0, 0.05) is 17.0 Å². The normalized spacial score (nSPS) is 12.8. The SMILES string of the molecule is C[C@H](Nc1cc(F)c(S(=O)(=O)c2n[c]cs2)cc1Cl)c1cc(F)c(F)cc1F. The summed E-state index contributed by atoms with van der Waals surface area (Å²) in [5, 5.41) is 3.79. The second-order valence-electron chi connectivity index (χ2n) is 5.66. The van der Waals surface area contributed by atoms with Gasteiger partial charge in [0.25, 0.3) is 0 Å². The van der Waals surface area contributed by atoms with Crippen LogP contribution in [-0.2, 0) is 9.84 Å². The first-order valence-electron chi connectivity index (χ1n) is 7.58. The Kier molecular flexibility index (Phi) is 5.64. The highest BCUT2D eigenvalue weighted by molar-refractivity contribution is 7.93. The Hall–Kier alpha value is -2.17. The second kappa shape index (κ2) is 7.69. The number of rotatable bonds is 5. The molecule has 0 aliphatic heterocycles. The first-order valence-corrected chi connectivity index (χ1v) is 10.3. The van der Waals surface area contributed by atoms with Gasteiger partial charge in [-0.1, -0.05) is 11.6 Å². The average Bonchev–Trinajstić information content (AvgIpc) is 3.16. The predicted molar refractivity (Wildman–Crippen MR) is 96.2 cm³/mol. The summed E-state index contributed by atoms with van der Waals surface area (Å²) < 4.78 is 79.3. The topological polar surface area (TPSA) is 59.1 Å². The summed E-state index contributed by atoms with van der Waals surface area (Å²) in [7, 11) is -4.23. The maximum atomic E-state index is 14.5. The Balaban J connectivity index is 1.95. The van der Waals surface area contributed by atoms with Crippen LogP contribution in [0.3, 0.4) is 0 Å². The molecule has 3 aromatic rings. The Bertz CT molecular complexity index is 1140. The molecule has 0 aliphatic carbocycles. The molecule has 0 spiro atoms. The molecule has 0 amide bonds. The van der Waals surface area contributed by atoms with Crippen LogP contribution < -0.4 is 5.32 Å². The lowest BCUT2D eigenvalue weighted by Gasteiger charge is -2.18. The minimum atomic E-state index is -4.23. The fraction of sp³-hybridized carbons (Fsp3) is 0.118. The molecule has 4 nitrogen and oxygen atoms in total. The van der Waals surface area contributed by atoms with Crippen LogP contribution in [0.15, 0.2) is 38.9 Å². The summed E-state index contributed by atoms with van der Waals surface area (Å²) in [6.07, 6.45) is 2.34. The van der Waals surface area contributed by atoms with E-state index in [9.17, 15) is 26.0 Å². The molecule has 1 heterocycles. The number of nitrogens with one attached hydrogen (secondary N) is 1. The van der Waals surface area contributed by atoms with E-state index in [2.05, 4.69) is 16.5 Å². The zero-order chi connectivity index (χ0) is 20.6. The number of halogens is 5. The molecule has 1 N–H and O–H groups in total. The lowest BCUT2D eigenvalue weighted by molar-refractivity contribution is 0.488. The number of thiazole rings is 1. The van der Waals surface area contributed by atoms with Crippen LogP contribution >= 0.6 is 22.9 Å². The van der Waals surface area contributed by atoms with Crippen LogP contribution in [0.25, 0.3) is 0 Å². The largest absolute Gasteiger partial charge is 0.377 e. The minimum Gasteiger partial charge on any atom is -0.377 e. The van der Waals surface area contributed by atoms with Crippen molar-refractivity contribution in [1.82, 2.24) is 4.98 Å². The standard InChI is InChI=1S/C17H10ClF4N2O2S2/c1-8(9-4-12(20)13(21)6-11(9)19)24-15-7-14(22)16(5-10(15)18)28(25,26)17-23-2-3-27-17/h3-8,24H,1H3/t8-/m0/s1. The molecule has 3 rings (SSSR count). The highest BCUT2D eigenvalue weighted by atomic mass is 35.5. The van der Waals surface area contributed by atoms with E-state index >= 15 is 0 Å². The zero-order valence-electron chi connectivity index (χ0n) is 13.9. The van der Waals surface area contributed by atoms with Crippen molar-refractivity contribution in [3.05, 3.63) is 69.7 Å². The summed E-state index contributed by atoms with van der Waals surface area (Å²) in [6.45, 7) is 1.42. The van der Waals surface area contributed by atoms with Crippen molar-refractivity contribution < 1.29 is 26.0 Å². The lowest BCUT2D eigenvalue weighted by atomic mass is 10.1. The molecule has 11 heteroatoms. The van der Waals surface area contributed by atoms with Crippen molar-refractivity contribution in [1.29, 1.82) is 0 Å². The molecule has 28 heavy (non-hydrogen) atoms. The number of sulfone groups is 1. The van der Waals surface area contributed by atoms with Crippen molar-refractivity contribution in [3.8, 4) is 0 Å². The molecule has 2 aromatic carbocycles. The minimum absolute atomic E-state index is 0.0551. The smallest absolute Gasteiger partial charge is 0.236 e. The van der Waals surface area contributed by atoms with Crippen LogP contribution in [0, 0.1) is 29.5 Å². The number of anilines is 1. The van der Waals surface area contributed by atoms with E-state index in [0.717, 1.165) is 23.5 Å². The maximum absolute atomic E-state index is 14.5. The number of hydrogen-bond acceptors (Lipinski definition) is 5. The number of nitrogens with zero attached hydrogens (tertiary/aromatic N) is 1. The summed E-state index contributed by atoms with van der Waals surface area (Å²) >= 11 is 6.82. The Morgan fingerprint density at radius 2 is 1.75 bits per heavy atom. The van der Waals surface area contributed by atoms with Gasteiger partial charge in [-0.3, -0.25) is 0 Å². The van der Waals surface area contributed by atoms with Gasteiger partial charge in [-0.2, -0.15) is 0 Å². The van der Waals surface area contributed by atoms with Gasteiger partial charge < -0.3 is 5.32 Å². The quantitative estimate of drug-likeness (QED) is 0.432. The highest BCUT2D eigenvalue weighted by Crippen LogP contribution is 2.34. The molecule has 147 valence electrons. The van der Waals surface area contributed by atoms with E-state index in [4.69, 9.17) is 11.6 Å². The van der Waals surface area contributed by atoms with Crippen LogP contribution in [0.4, 0.5) is 23.2 Å². The molecule has 0 saturated heterocycles. The van der Waals surface area contributed by atoms with Gasteiger partial charge in [0.05, 0.1) is 16.8 Å². The van der Waals surface area contributed by atoms with E-state index in [1.54, 1.807) is 0 Å². The molecule has 0 saturated carbocycles. The van der Waals surface area contributed by atoms with Gasteiger partial charge in [-0.05, 0) is 25.1 Å². The molecule has 1 radical (unpaired) electrons. The van der Waals surface area contributed by atoms with Gasteiger partial charge in [0.15, 0.2) is 11.6 Å². The average molecular weight is 450 g/mol. The van der Waals surface area contributed by atoms with Gasteiger partial charge in [-0.15, -0.1) is 11.3 Å². The molecule has 0 aliphatic rings.